The summed E-state index contributed by atoms with van der Waals surface area (Å²) in [5.74, 6) is -1.21. The number of carbonyl (C=O) groups excluding carboxylic acids is 3. The summed E-state index contributed by atoms with van der Waals surface area (Å²) in [6.45, 7) is 1.99. The van der Waals surface area contributed by atoms with E-state index in [4.69, 9.17) is 10.5 Å². The molecule has 0 aromatic carbocycles. The first kappa shape index (κ1) is 13.6. The average Bonchev–Trinajstić information content (AvgIpc) is 2.00. The van der Waals surface area contributed by atoms with Gasteiger partial charge in [0.1, 0.15) is 18.8 Å². The number of Topliss-reactive ketones (excluding diaryl/α,β-unsaturated/α-hetero) is 1. The van der Waals surface area contributed by atoms with E-state index in [0.717, 1.165) is 0 Å². The van der Waals surface area contributed by atoms with Crippen LogP contribution in [0.25, 0.3) is 0 Å². The fourth-order valence-corrected chi connectivity index (χ4v) is 0.915. The highest BCUT2D eigenvalue weighted by atomic mass is 16.5. The van der Waals surface area contributed by atoms with Gasteiger partial charge in [-0.2, -0.15) is 0 Å². The predicted octanol–water partition coefficient (Wildman–Crippen LogP) is -1.07. The summed E-state index contributed by atoms with van der Waals surface area (Å²) >= 11 is 0. The average molecular weight is 216 g/mol. The van der Waals surface area contributed by atoms with Crippen LogP contribution < -0.4 is 5.73 Å². The highest BCUT2D eigenvalue weighted by molar-refractivity contribution is 5.94. The third-order valence-corrected chi connectivity index (χ3v) is 1.56. The second kappa shape index (κ2) is 6.94. The molecular weight excluding hydrogens is 200 g/mol. The van der Waals surface area contributed by atoms with E-state index in [-0.39, 0.29) is 25.4 Å². The molecule has 0 bridgehead atoms. The van der Waals surface area contributed by atoms with Crippen LogP contribution in [-0.4, -0.2) is 49.3 Å². The van der Waals surface area contributed by atoms with Gasteiger partial charge in [-0.25, -0.2) is 0 Å². The molecule has 6 heteroatoms. The number of hydrogen-bond donors (Lipinski definition) is 1. The summed E-state index contributed by atoms with van der Waals surface area (Å²) in [6.07, 6.45) is -0.209. The van der Waals surface area contributed by atoms with E-state index in [1.807, 2.05) is 0 Å². The van der Waals surface area contributed by atoms with Gasteiger partial charge in [0.2, 0.25) is 5.91 Å². The number of hydrogen-bond acceptors (Lipinski definition) is 5. The molecule has 0 saturated carbocycles. The Morgan fingerprint density at radius 3 is 2.40 bits per heavy atom. The fraction of sp³-hybridized carbons (Fsp3) is 0.667. The first-order valence-corrected chi connectivity index (χ1v) is 4.53. The number of rotatable bonds is 7. The van der Waals surface area contributed by atoms with Crippen molar-refractivity contribution >= 4 is 17.7 Å². The topological polar surface area (TPSA) is 89.7 Å². The van der Waals surface area contributed by atoms with Crippen molar-refractivity contribution in [1.29, 1.82) is 0 Å². The van der Waals surface area contributed by atoms with Crippen LogP contribution >= 0.6 is 0 Å². The van der Waals surface area contributed by atoms with E-state index in [1.54, 1.807) is 11.9 Å². The summed E-state index contributed by atoms with van der Waals surface area (Å²) < 4.78 is 4.75. The molecule has 0 fully saturated rings. The Bertz CT molecular complexity index is 252. The Morgan fingerprint density at radius 1 is 1.33 bits per heavy atom. The molecule has 0 radical (unpaired) electrons. The molecule has 0 saturated heterocycles. The summed E-state index contributed by atoms with van der Waals surface area (Å²) in [6, 6.07) is 0. The van der Waals surface area contributed by atoms with E-state index in [0.29, 0.717) is 6.54 Å². The molecule has 86 valence electrons. The zero-order valence-electron chi connectivity index (χ0n) is 8.99. The molecule has 0 aromatic heterocycles. The summed E-state index contributed by atoms with van der Waals surface area (Å²) in [5, 5.41) is 0. The molecule has 0 spiro atoms. The van der Waals surface area contributed by atoms with Gasteiger partial charge < -0.3 is 10.5 Å². The Labute approximate surface area is 88.4 Å². The molecule has 2 N–H and O–H groups in total. The van der Waals surface area contributed by atoms with Gasteiger partial charge >= 0.3 is 5.97 Å². The van der Waals surface area contributed by atoms with Crippen molar-refractivity contribution in [1.82, 2.24) is 4.90 Å². The summed E-state index contributed by atoms with van der Waals surface area (Å²) in [4.78, 5) is 33.5. The maximum Gasteiger partial charge on any atom is 0.313 e. The molecule has 0 rings (SSSR count). The Balaban J connectivity index is 3.56. The third-order valence-electron chi connectivity index (χ3n) is 1.56. The van der Waals surface area contributed by atoms with Gasteiger partial charge in [0.25, 0.3) is 0 Å². The first-order chi connectivity index (χ1) is 6.91. The van der Waals surface area contributed by atoms with Crippen molar-refractivity contribution in [2.24, 2.45) is 5.73 Å². The quantitative estimate of drug-likeness (QED) is 0.432. The molecule has 0 aliphatic heterocycles. The predicted molar refractivity (Wildman–Crippen MR) is 52.9 cm³/mol. The van der Waals surface area contributed by atoms with Crippen LogP contribution in [0.3, 0.4) is 0 Å². The van der Waals surface area contributed by atoms with Crippen LogP contribution in [0.5, 0.6) is 0 Å². The minimum absolute atomic E-state index is 0.115. The molecule has 0 atom stereocenters. The number of amides is 1. The zero-order chi connectivity index (χ0) is 11.8. The normalized spacial score (nSPS) is 10.1. The minimum Gasteiger partial charge on any atom is -0.464 e. The Hall–Kier alpha value is -1.43. The van der Waals surface area contributed by atoms with Crippen LogP contribution in [0.15, 0.2) is 0 Å². The number of primary amides is 1. The van der Waals surface area contributed by atoms with Gasteiger partial charge in [0.05, 0.1) is 6.54 Å². The van der Waals surface area contributed by atoms with Crippen LogP contribution in [0.1, 0.15) is 13.3 Å². The molecule has 15 heavy (non-hydrogen) atoms. The zero-order valence-corrected chi connectivity index (χ0v) is 8.99. The highest BCUT2D eigenvalue weighted by Gasteiger charge is 2.07. The van der Waals surface area contributed by atoms with E-state index >= 15 is 0 Å². The number of nitrogens with two attached hydrogens (primary N) is 1. The Morgan fingerprint density at radius 2 is 1.93 bits per heavy atom. The number of nitrogens with zero attached hydrogens (tertiary/aromatic N) is 1. The monoisotopic (exact) mass is 216 g/mol. The smallest absolute Gasteiger partial charge is 0.313 e. The Kier molecular flexibility index (Phi) is 6.28. The maximum absolute atomic E-state index is 10.9. The van der Waals surface area contributed by atoms with Crippen molar-refractivity contribution in [3.63, 3.8) is 0 Å². The highest BCUT2D eigenvalue weighted by Crippen LogP contribution is 1.89. The van der Waals surface area contributed by atoms with Crippen LogP contribution in [-0.2, 0) is 19.1 Å². The van der Waals surface area contributed by atoms with Crippen LogP contribution in [0.2, 0.25) is 0 Å². The lowest BCUT2D eigenvalue weighted by atomic mass is 10.3. The molecule has 0 unspecified atom stereocenters. The molecule has 6 nitrogen and oxygen atoms in total. The lowest BCUT2D eigenvalue weighted by molar-refractivity contribution is -0.145. The number of esters is 1. The van der Waals surface area contributed by atoms with Gasteiger partial charge in [-0.1, -0.05) is 0 Å². The first-order valence-electron chi connectivity index (χ1n) is 4.53. The van der Waals surface area contributed by atoms with Gasteiger partial charge in [-0.3, -0.25) is 19.3 Å². The van der Waals surface area contributed by atoms with Gasteiger partial charge in [0.15, 0.2) is 0 Å². The van der Waals surface area contributed by atoms with E-state index in [2.05, 4.69) is 0 Å². The third kappa shape index (κ3) is 8.89. The number of ether oxygens (including phenoxy) is 1. The van der Waals surface area contributed by atoms with Crippen LogP contribution in [0, 0.1) is 0 Å². The SMILES string of the molecule is CC(=O)CC(=O)OCCN(C)CC(N)=O. The maximum atomic E-state index is 10.9. The molecule has 1 amide bonds. The largest absolute Gasteiger partial charge is 0.464 e. The van der Waals surface area contributed by atoms with Crippen molar-refractivity contribution < 1.29 is 19.1 Å². The lowest BCUT2D eigenvalue weighted by Crippen LogP contribution is -2.33. The molecule has 0 heterocycles. The second-order valence-electron chi connectivity index (χ2n) is 3.30. The van der Waals surface area contributed by atoms with Crippen LogP contribution in [0.4, 0.5) is 0 Å². The van der Waals surface area contributed by atoms with Gasteiger partial charge in [-0.05, 0) is 14.0 Å². The van der Waals surface area contributed by atoms with E-state index < -0.39 is 11.9 Å². The summed E-state index contributed by atoms with van der Waals surface area (Å²) in [7, 11) is 1.68. The second-order valence-corrected chi connectivity index (χ2v) is 3.30. The van der Waals surface area contributed by atoms with Gasteiger partial charge in [-0.15, -0.1) is 0 Å². The summed E-state index contributed by atoms with van der Waals surface area (Å²) in [5.41, 5.74) is 4.96. The molecule has 0 aromatic rings. The number of ketones is 1. The van der Waals surface area contributed by atoms with Crippen molar-refractivity contribution in [2.45, 2.75) is 13.3 Å². The number of carbonyl (C=O) groups is 3. The fourth-order valence-electron chi connectivity index (χ4n) is 0.915. The van der Waals surface area contributed by atoms with E-state index in [1.165, 1.54) is 6.92 Å². The molecule has 0 aliphatic carbocycles. The van der Waals surface area contributed by atoms with Crippen molar-refractivity contribution in [3.8, 4) is 0 Å². The molecular formula is C9H16N2O4. The minimum atomic E-state index is -0.546. The van der Waals surface area contributed by atoms with Crippen molar-refractivity contribution in [2.75, 3.05) is 26.7 Å². The van der Waals surface area contributed by atoms with E-state index in [9.17, 15) is 14.4 Å². The number of likely N-dealkylation sites (N-methyl/N-ethyl adjacent to an activating group) is 1. The lowest BCUT2D eigenvalue weighted by Gasteiger charge is -2.13. The van der Waals surface area contributed by atoms with Crippen molar-refractivity contribution in [3.05, 3.63) is 0 Å². The standard InChI is InChI=1S/C9H16N2O4/c1-7(12)5-9(14)15-4-3-11(2)6-8(10)13/h3-6H2,1-2H3,(H2,10,13). The molecule has 0 aliphatic rings. The van der Waals surface area contributed by atoms with Gasteiger partial charge in [0, 0.05) is 6.54 Å².